The molecular formula is C12H16N4O2S. The van der Waals surface area contributed by atoms with Gasteiger partial charge in [-0.3, -0.25) is 15.5 Å². The third-order valence-electron chi connectivity index (χ3n) is 2.15. The summed E-state index contributed by atoms with van der Waals surface area (Å²) in [5, 5.41) is 17.9. The molecule has 0 saturated carbocycles. The van der Waals surface area contributed by atoms with Crippen LogP contribution in [0.25, 0.3) is 0 Å². The van der Waals surface area contributed by atoms with Crippen molar-refractivity contribution in [2.75, 3.05) is 6.54 Å². The minimum Gasteiger partial charge on any atom is -0.361 e. The van der Waals surface area contributed by atoms with Gasteiger partial charge < -0.3 is 5.32 Å². The zero-order valence-electron chi connectivity index (χ0n) is 10.8. The van der Waals surface area contributed by atoms with Crippen LogP contribution in [0, 0.1) is 16.0 Å². The zero-order valence-corrected chi connectivity index (χ0v) is 11.6. The topological polar surface area (TPSA) is 79.6 Å². The second-order valence-corrected chi connectivity index (χ2v) is 4.73. The third kappa shape index (κ3) is 5.91. The van der Waals surface area contributed by atoms with Crippen LogP contribution < -0.4 is 10.7 Å². The Kier molecular flexibility index (Phi) is 5.87. The first-order valence-electron chi connectivity index (χ1n) is 5.80. The molecule has 6 nitrogen and oxygen atoms in total. The maximum atomic E-state index is 10.5. The molecule has 102 valence electrons. The summed E-state index contributed by atoms with van der Waals surface area (Å²) in [6, 6.07) is 6.09. The van der Waals surface area contributed by atoms with Crippen molar-refractivity contribution in [3.63, 3.8) is 0 Å². The first-order chi connectivity index (χ1) is 8.99. The summed E-state index contributed by atoms with van der Waals surface area (Å²) in [4.78, 5) is 10.0. The lowest BCUT2D eigenvalue weighted by Gasteiger charge is -2.08. The summed E-state index contributed by atoms with van der Waals surface area (Å²) in [5.41, 5.74) is 3.49. The lowest BCUT2D eigenvalue weighted by atomic mass is 10.2. The maximum Gasteiger partial charge on any atom is 0.269 e. The van der Waals surface area contributed by atoms with Gasteiger partial charge in [0.25, 0.3) is 5.69 Å². The molecule has 1 aromatic carbocycles. The van der Waals surface area contributed by atoms with Gasteiger partial charge in [-0.2, -0.15) is 5.10 Å². The summed E-state index contributed by atoms with van der Waals surface area (Å²) in [6.07, 6.45) is 1.55. The number of nitro benzene ring substituents is 1. The number of hydrogen-bond donors (Lipinski definition) is 2. The Labute approximate surface area is 117 Å². The van der Waals surface area contributed by atoms with E-state index in [0.29, 0.717) is 11.0 Å². The predicted molar refractivity (Wildman–Crippen MR) is 79.3 cm³/mol. The van der Waals surface area contributed by atoms with Crippen LogP contribution >= 0.6 is 12.2 Å². The number of nitro groups is 1. The minimum absolute atomic E-state index is 0.0548. The van der Waals surface area contributed by atoms with Gasteiger partial charge in [0.2, 0.25) is 0 Å². The van der Waals surface area contributed by atoms with Crippen LogP contribution in [0.5, 0.6) is 0 Å². The summed E-state index contributed by atoms with van der Waals surface area (Å²) in [5.74, 6) is 0.499. The van der Waals surface area contributed by atoms with Crippen molar-refractivity contribution >= 4 is 29.2 Å². The molecule has 0 amide bonds. The average molecular weight is 280 g/mol. The Bertz CT molecular complexity index is 471. The number of rotatable bonds is 5. The Morgan fingerprint density at radius 2 is 2.11 bits per heavy atom. The van der Waals surface area contributed by atoms with E-state index >= 15 is 0 Å². The van der Waals surface area contributed by atoms with Crippen molar-refractivity contribution in [1.82, 2.24) is 10.7 Å². The number of non-ortho nitro benzene ring substituents is 1. The first kappa shape index (κ1) is 15.0. The second kappa shape index (κ2) is 7.42. The normalized spacial score (nSPS) is 10.7. The van der Waals surface area contributed by atoms with Gasteiger partial charge in [0.05, 0.1) is 11.1 Å². The quantitative estimate of drug-likeness (QED) is 0.373. The molecule has 1 rings (SSSR count). The Morgan fingerprint density at radius 3 is 2.63 bits per heavy atom. The Morgan fingerprint density at radius 1 is 1.47 bits per heavy atom. The van der Waals surface area contributed by atoms with Crippen LogP contribution in [0.4, 0.5) is 5.69 Å². The molecule has 0 atom stereocenters. The molecular weight excluding hydrogens is 264 g/mol. The largest absolute Gasteiger partial charge is 0.361 e. The smallest absolute Gasteiger partial charge is 0.269 e. The molecule has 0 bridgehead atoms. The van der Waals surface area contributed by atoms with E-state index in [1.807, 2.05) is 0 Å². The minimum atomic E-state index is -0.440. The molecule has 0 radical (unpaired) electrons. The highest BCUT2D eigenvalue weighted by molar-refractivity contribution is 7.80. The van der Waals surface area contributed by atoms with E-state index in [1.54, 1.807) is 18.3 Å². The summed E-state index contributed by atoms with van der Waals surface area (Å²) >= 11 is 5.02. The highest BCUT2D eigenvalue weighted by Crippen LogP contribution is 2.10. The molecule has 0 aliphatic heterocycles. The highest BCUT2D eigenvalue weighted by Gasteiger charge is 2.02. The average Bonchev–Trinajstić information content (AvgIpc) is 2.37. The van der Waals surface area contributed by atoms with Crippen molar-refractivity contribution in [3.8, 4) is 0 Å². The van der Waals surface area contributed by atoms with Gasteiger partial charge in [0.1, 0.15) is 0 Å². The molecule has 0 fully saturated rings. The van der Waals surface area contributed by atoms with Crippen LogP contribution in [0.2, 0.25) is 0 Å². The SMILES string of the molecule is CC(C)CNC(=S)N/N=C\c1ccc([N+](=O)[O-])cc1. The summed E-state index contributed by atoms with van der Waals surface area (Å²) < 4.78 is 0. The van der Waals surface area contributed by atoms with Crippen LogP contribution in [0.1, 0.15) is 19.4 Å². The molecule has 0 aliphatic rings. The van der Waals surface area contributed by atoms with Crippen LogP contribution in [-0.2, 0) is 0 Å². The highest BCUT2D eigenvalue weighted by atomic mass is 32.1. The molecule has 2 N–H and O–H groups in total. The molecule has 0 unspecified atom stereocenters. The predicted octanol–water partition coefficient (Wildman–Crippen LogP) is 2.05. The molecule has 1 aromatic rings. The molecule has 0 spiro atoms. The number of benzene rings is 1. The van der Waals surface area contributed by atoms with Crippen molar-refractivity contribution in [2.45, 2.75) is 13.8 Å². The summed E-state index contributed by atoms with van der Waals surface area (Å²) in [6.45, 7) is 4.93. The van der Waals surface area contributed by atoms with E-state index in [-0.39, 0.29) is 5.69 Å². The van der Waals surface area contributed by atoms with Gasteiger partial charge in [-0.15, -0.1) is 0 Å². The molecule has 0 aromatic heterocycles. The van der Waals surface area contributed by atoms with Crippen molar-refractivity contribution in [2.24, 2.45) is 11.0 Å². The van der Waals surface area contributed by atoms with Gasteiger partial charge in [-0.1, -0.05) is 13.8 Å². The van der Waals surface area contributed by atoms with Crippen LogP contribution in [0.3, 0.4) is 0 Å². The van der Waals surface area contributed by atoms with E-state index in [1.165, 1.54) is 12.1 Å². The van der Waals surface area contributed by atoms with Gasteiger partial charge in [0.15, 0.2) is 5.11 Å². The van der Waals surface area contributed by atoms with Crippen molar-refractivity contribution in [3.05, 3.63) is 39.9 Å². The molecule has 0 saturated heterocycles. The number of hydrogen-bond acceptors (Lipinski definition) is 4. The summed E-state index contributed by atoms with van der Waals surface area (Å²) in [7, 11) is 0. The molecule has 0 heterocycles. The van der Waals surface area contributed by atoms with Crippen LogP contribution in [0.15, 0.2) is 29.4 Å². The fourth-order valence-corrected chi connectivity index (χ4v) is 1.32. The number of nitrogens with zero attached hydrogens (tertiary/aromatic N) is 2. The van der Waals surface area contributed by atoms with E-state index in [4.69, 9.17) is 12.2 Å². The number of nitrogens with one attached hydrogen (secondary N) is 2. The van der Waals surface area contributed by atoms with Crippen molar-refractivity contribution in [1.29, 1.82) is 0 Å². The Balaban J connectivity index is 2.44. The van der Waals surface area contributed by atoms with E-state index in [2.05, 4.69) is 29.7 Å². The van der Waals surface area contributed by atoms with E-state index in [0.717, 1.165) is 12.1 Å². The molecule has 0 aliphatic carbocycles. The van der Waals surface area contributed by atoms with Gasteiger partial charge in [0, 0.05) is 18.7 Å². The van der Waals surface area contributed by atoms with E-state index < -0.39 is 4.92 Å². The van der Waals surface area contributed by atoms with Gasteiger partial charge >= 0.3 is 0 Å². The number of thiocarbonyl (C=S) groups is 1. The lowest BCUT2D eigenvalue weighted by molar-refractivity contribution is -0.384. The van der Waals surface area contributed by atoms with Crippen LogP contribution in [-0.4, -0.2) is 22.8 Å². The standard InChI is InChI=1S/C12H16N4O2S/c1-9(2)7-13-12(19)15-14-8-10-3-5-11(6-4-10)16(17)18/h3-6,8-9H,7H2,1-2H3,(H2,13,15,19)/b14-8-. The van der Waals surface area contributed by atoms with E-state index in [9.17, 15) is 10.1 Å². The number of hydrazone groups is 1. The molecule has 19 heavy (non-hydrogen) atoms. The fraction of sp³-hybridized carbons (Fsp3) is 0.333. The Hall–Kier alpha value is -2.02. The fourth-order valence-electron chi connectivity index (χ4n) is 1.18. The van der Waals surface area contributed by atoms with Gasteiger partial charge in [-0.05, 0) is 35.8 Å². The second-order valence-electron chi connectivity index (χ2n) is 4.32. The zero-order chi connectivity index (χ0) is 14.3. The third-order valence-corrected chi connectivity index (χ3v) is 2.39. The van der Waals surface area contributed by atoms with Crippen molar-refractivity contribution < 1.29 is 4.92 Å². The first-order valence-corrected chi connectivity index (χ1v) is 6.21. The monoisotopic (exact) mass is 280 g/mol. The molecule has 7 heteroatoms. The maximum absolute atomic E-state index is 10.5. The lowest BCUT2D eigenvalue weighted by Crippen LogP contribution is -2.34. The van der Waals surface area contributed by atoms with Gasteiger partial charge in [-0.25, -0.2) is 0 Å².